The molecule has 0 aromatic rings. The number of ether oxygens (including phenoxy) is 1. The van der Waals surface area contributed by atoms with Gasteiger partial charge in [0.2, 0.25) is 0 Å². The van der Waals surface area contributed by atoms with Gasteiger partial charge in [-0.1, -0.05) is 0 Å². The Morgan fingerprint density at radius 2 is 2.31 bits per heavy atom. The third-order valence-corrected chi connectivity index (χ3v) is 4.93. The van der Waals surface area contributed by atoms with Crippen LogP contribution in [0.5, 0.6) is 0 Å². The number of rotatable bonds is 4. The van der Waals surface area contributed by atoms with Crippen LogP contribution in [0.15, 0.2) is 0 Å². The fourth-order valence-electron chi connectivity index (χ4n) is 1.33. The molecule has 0 saturated carbocycles. The van der Waals surface area contributed by atoms with E-state index >= 15 is 0 Å². The van der Waals surface area contributed by atoms with Crippen molar-refractivity contribution in [1.82, 2.24) is 5.32 Å². The third kappa shape index (κ3) is 5.03. The van der Waals surface area contributed by atoms with Crippen LogP contribution in [-0.2, 0) is 14.6 Å². The predicted octanol–water partition coefficient (Wildman–Crippen LogP) is 0.911. The van der Waals surface area contributed by atoms with Crippen molar-refractivity contribution in [3.63, 3.8) is 0 Å². The molecule has 1 fully saturated rings. The van der Waals surface area contributed by atoms with Gasteiger partial charge in [-0.2, -0.15) is 0 Å². The highest BCUT2D eigenvalue weighted by Crippen LogP contribution is 2.11. The molecule has 0 aromatic carbocycles. The summed E-state index contributed by atoms with van der Waals surface area (Å²) in [6, 6.07) is -0.151. The van der Waals surface area contributed by atoms with Crippen LogP contribution >= 0.6 is 35.4 Å². The van der Waals surface area contributed by atoms with E-state index in [1.54, 1.807) is 0 Å². The molecular weight excluding hydrogens is 293 g/mol. The standard InChI is InChI=1S/C8H13Cl2NO3S2/c9-3-6(10)4-14-8(15)11-7-1-2-16(12,13)5-7/h6-7H,1-5H2,(H,11,15). The van der Waals surface area contributed by atoms with E-state index < -0.39 is 9.84 Å². The van der Waals surface area contributed by atoms with Crippen LogP contribution in [-0.4, -0.2) is 49.0 Å². The van der Waals surface area contributed by atoms with E-state index in [9.17, 15) is 8.42 Å². The maximum atomic E-state index is 11.2. The lowest BCUT2D eigenvalue weighted by Crippen LogP contribution is -2.36. The zero-order valence-corrected chi connectivity index (χ0v) is 11.6. The Morgan fingerprint density at radius 3 is 2.81 bits per heavy atom. The lowest BCUT2D eigenvalue weighted by molar-refractivity contribution is 0.298. The molecule has 1 rings (SSSR count). The van der Waals surface area contributed by atoms with Gasteiger partial charge in [-0.05, 0) is 18.6 Å². The fraction of sp³-hybridized carbons (Fsp3) is 0.875. The van der Waals surface area contributed by atoms with E-state index in [-0.39, 0.29) is 40.6 Å². The van der Waals surface area contributed by atoms with E-state index in [1.807, 2.05) is 0 Å². The number of thiocarbonyl (C=S) groups is 1. The average molecular weight is 306 g/mol. The smallest absolute Gasteiger partial charge is 0.256 e. The molecule has 0 spiro atoms. The summed E-state index contributed by atoms with van der Waals surface area (Å²) in [7, 11) is -2.90. The molecule has 0 bridgehead atoms. The van der Waals surface area contributed by atoms with Gasteiger partial charge in [0, 0.05) is 11.9 Å². The summed E-state index contributed by atoms with van der Waals surface area (Å²) >= 11 is 16.1. The maximum Gasteiger partial charge on any atom is 0.256 e. The van der Waals surface area contributed by atoms with E-state index in [4.69, 9.17) is 40.2 Å². The van der Waals surface area contributed by atoms with Crippen molar-refractivity contribution in [2.24, 2.45) is 0 Å². The molecule has 0 aliphatic carbocycles. The molecule has 1 aliphatic rings. The summed E-state index contributed by atoms with van der Waals surface area (Å²) in [5, 5.41) is 2.72. The molecule has 0 aromatic heterocycles. The van der Waals surface area contributed by atoms with Gasteiger partial charge < -0.3 is 10.1 Å². The van der Waals surface area contributed by atoms with Gasteiger partial charge >= 0.3 is 0 Å². The van der Waals surface area contributed by atoms with Crippen LogP contribution in [0.1, 0.15) is 6.42 Å². The van der Waals surface area contributed by atoms with E-state index in [2.05, 4.69) is 5.32 Å². The van der Waals surface area contributed by atoms with Gasteiger partial charge in [0.25, 0.3) is 5.17 Å². The van der Waals surface area contributed by atoms with Crippen LogP contribution < -0.4 is 5.32 Å². The van der Waals surface area contributed by atoms with Crippen LogP contribution in [0.3, 0.4) is 0 Å². The lowest BCUT2D eigenvalue weighted by atomic mass is 10.3. The highest BCUT2D eigenvalue weighted by Gasteiger charge is 2.28. The summed E-state index contributed by atoms with van der Waals surface area (Å²) in [5.74, 6) is 0.589. The quantitative estimate of drug-likeness (QED) is 0.618. The van der Waals surface area contributed by atoms with Crippen molar-refractivity contribution in [3.05, 3.63) is 0 Å². The molecule has 0 radical (unpaired) electrons. The number of hydrogen-bond donors (Lipinski definition) is 1. The third-order valence-electron chi connectivity index (χ3n) is 2.12. The summed E-state index contributed by atoms with van der Waals surface area (Å²) in [6.07, 6.45) is 0.561. The number of hydrogen-bond acceptors (Lipinski definition) is 4. The first kappa shape index (κ1) is 14.3. The van der Waals surface area contributed by atoms with Crippen molar-refractivity contribution in [2.45, 2.75) is 17.8 Å². The molecule has 1 saturated heterocycles. The van der Waals surface area contributed by atoms with Gasteiger partial charge in [0.05, 0.1) is 16.9 Å². The van der Waals surface area contributed by atoms with E-state index in [0.717, 1.165) is 0 Å². The second kappa shape index (κ2) is 6.23. The van der Waals surface area contributed by atoms with Crippen LogP contribution in [0.4, 0.5) is 0 Å². The van der Waals surface area contributed by atoms with Crippen molar-refractivity contribution in [1.29, 1.82) is 0 Å². The number of halogens is 2. The van der Waals surface area contributed by atoms with Crippen molar-refractivity contribution in [2.75, 3.05) is 24.0 Å². The molecule has 8 heteroatoms. The predicted molar refractivity (Wildman–Crippen MR) is 69.1 cm³/mol. The average Bonchev–Trinajstić information content (AvgIpc) is 2.54. The van der Waals surface area contributed by atoms with Crippen LogP contribution in [0.2, 0.25) is 0 Å². The second-order valence-electron chi connectivity index (χ2n) is 3.59. The Labute approximate surface area is 111 Å². The molecule has 94 valence electrons. The van der Waals surface area contributed by atoms with Crippen LogP contribution in [0, 0.1) is 0 Å². The normalized spacial score (nSPS) is 25.0. The first-order valence-corrected chi connectivity index (χ1v) is 7.97. The Hall–Kier alpha value is 0.220. The monoisotopic (exact) mass is 305 g/mol. The maximum absolute atomic E-state index is 11.2. The Kier molecular flexibility index (Phi) is 5.56. The molecule has 2 atom stereocenters. The zero-order valence-electron chi connectivity index (χ0n) is 8.49. The Bertz CT molecular complexity index is 347. The van der Waals surface area contributed by atoms with Crippen molar-refractivity contribution in [3.8, 4) is 0 Å². The number of sulfone groups is 1. The first-order chi connectivity index (χ1) is 7.43. The highest BCUT2D eigenvalue weighted by atomic mass is 35.5. The summed E-state index contributed by atoms with van der Waals surface area (Å²) < 4.78 is 27.5. The van der Waals surface area contributed by atoms with Gasteiger partial charge in [-0.3, -0.25) is 0 Å². The van der Waals surface area contributed by atoms with Crippen LogP contribution in [0.25, 0.3) is 0 Å². The minimum Gasteiger partial charge on any atom is -0.469 e. The van der Waals surface area contributed by atoms with E-state index in [1.165, 1.54) is 0 Å². The van der Waals surface area contributed by atoms with Crippen molar-refractivity contribution >= 4 is 50.4 Å². The van der Waals surface area contributed by atoms with E-state index in [0.29, 0.717) is 6.42 Å². The van der Waals surface area contributed by atoms with Gasteiger partial charge in [-0.25, -0.2) is 8.42 Å². The SMILES string of the molecule is O=S1(=O)CCC(NC(=S)OCC(Cl)CCl)C1. The first-order valence-electron chi connectivity index (χ1n) is 4.76. The number of alkyl halides is 2. The minimum atomic E-state index is -2.90. The second-order valence-corrected chi connectivity index (χ2v) is 7.12. The van der Waals surface area contributed by atoms with Gasteiger partial charge in [0.1, 0.15) is 6.61 Å². The molecule has 16 heavy (non-hydrogen) atoms. The zero-order chi connectivity index (χ0) is 12.2. The Balaban J connectivity index is 2.25. The summed E-state index contributed by atoms with van der Waals surface area (Å²) in [4.78, 5) is 0. The largest absolute Gasteiger partial charge is 0.469 e. The lowest BCUT2D eigenvalue weighted by Gasteiger charge is -2.15. The molecule has 1 heterocycles. The molecule has 2 unspecified atom stereocenters. The Morgan fingerprint density at radius 1 is 1.62 bits per heavy atom. The molecule has 1 aliphatic heterocycles. The molecular formula is C8H13Cl2NO3S2. The fourth-order valence-corrected chi connectivity index (χ4v) is 3.39. The molecule has 1 N–H and O–H groups in total. The highest BCUT2D eigenvalue weighted by molar-refractivity contribution is 7.91. The summed E-state index contributed by atoms with van der Waals surface area (Å²) in [5.41, 5.74) is 0. The molecule has 0 amide bonds. The topological polar surface area (TPSA) is 55.4 Å². The molecule has 4 nitrogen and oxygen atoms in total. The van der Waals surface area contributed by atoms with Gasteiger partial charge in [-0.15, -0.1) is 23.2 Å². The minimum absolute atomic E-state index is 0.107. The number of nitrogens with one attached hydrogen (secondary N) is 1. The summed E-state index contributed by atoms with van der Waals surface area (Å²) in [6.45, 7) is 0.219. The van der Waals surface area contributed by atoms with Gasteiger partial charge in [0.15, 0.2) is 9.84 Å². The van der Waals surface area contributed by atoms with Crippen molar-refractivity contribution < 1.29 is 13.2 Å².